The molecule has 2 rings (SSSR count). The quantitative estimate of drug-likeness (QED) is 0.440. The second-order valence-corrected chi connectivity index (χ2v) is 5.31. The van der Waals surface area contributed by atoms with Crippen LogP contribution in [0, 0.1) is 0 Å². The van der Waals surface area contributed by atoms with Gasteiger partial charge in [-0.05, 0) is 30.5 Å². The van der Waals surface area contributed by atoms with Gasteiger partial charge in [0.25, 0.3) is 0 Å². The normalized spacial score (nSPS) is 17.4. The van der Waals surface area contributed by atoms with Gasteiger partial charge in [0.05, 0.1) is 13.2 Å². The lowest BCUT2D eigenvalue weighted by Gasteiger charge is -2.10. The molecule has 1 aliphatic rings. The van der Waals surface area contributed by atoms with Crippen molar-refractivity contribution in [1.29, 1.82) is 0 Å². The Morgan fingerprint density at radius 3 is 2.62 bits per heavy atom. The Kier molecular flexibility index (Phi) is 5.41. The zero-order chi connectivity index (χ0) is 15.3. The number of hydrogen-bond donors (Lipinski definition) is 2. The first-order valence-electron chi connectivity index (χ1n) is 6.69. The van der Waals surface area contributed by atoms with E-state index in [1.165, 1.54) is 0 Å². The highest BCUT2D eigenvalue weighted by Crippen LogP contribution is 2.30. The van der Waals surface area contributed by atoms with Crippen molar-refractivity contribution in [3.05, 3.63) is 29.8 Å². The van der Waals surface area contributed by atoms with Crippen molar-refractivity contribution in [2.24, 2.45) is 0 Å². The van der Waals surface area contributed by atoms with Crippen molar-refractivity contribution in [3.8, 4) is 5.75 Å². The molecule has 1 aliphatic heterocycles. The summed E-state index contributed by atoms with van der Waals surface area (Å²) >= 11 is 2.89. The van der Waals surface area contributed by atoms with Crippen molar-refractivity contribution >= 4 is 18.5 Å². The predicted molar refractivity (Wildman–Crippen MR) is 76.8 cm³/mol. The highest BCUT2D eigenvalue weighted by atomic mass is 32.1. The van der Waals surface area contributed by atoms with Crippen molar-refractivity contribution < 1.29 is 23.0 Å². The summed E-state index contributed by atoms with van der Waals surface area (Å²) in [5.74, 6) is -0.616. The molecule has 7 heteroatoms. The molecule has 1 saturated heterocycles. The van der Waals surface area contributed by atoms with Gasteiger partial charge in [0.1, 0.15) is 11.9 Å². The first-order chi connectivity index (χ1) is 9.97. The van der Waals surface area contributed by atoms with E-state index < -0.39 is 11.2 Å². The van der Waals surface area contributed by atoms with Crippen molar-refractivity contribution in [2.45, 2.75) is 24.2 Å². The van der Waals surface area contributed by atoms with Gasteiger partial charge in [0, 0.05) is 6.54 Å². The van der Waals surface area contributed by atoms with E-state index in [0.717, 1.165) is 17.9 Å². The SMILES string of the molecule is O=C(NCCCCOc1ccc(C2CO2)cc1)C(F)(F)S. The first-order valence-corrected chi connectivity index (χ1v) is 7.14. The van der Waals surface area contributed by atoms with Crippen LogP contribution in [-0.2, 0) is 9.53 Å². The molecule has 0 saturated carbocycles. The Labute approximate surface area is 127 Å². The standard InChI is InChI=1S/C14H17F2NO3S/c15-14(16,21)13(18)17-7-1-2-8-19-11-5-3-10(4-6-11)12-9-20-12/h3-6,12,21H,1-2,7-9H2,(H,17,18). The number of thiol groups is 1. The molecule has 0 aliphatic carbocycles. The molecule has 1 N–H and O–H groups in total. The monoisotopic (exact) mass is 317 g/mol. The molecule has 0 aromatic heterocycles. The molecule has 116 valence electrons. The van der Waals surface area contributed by atoms with Crippen LogP contribution in [-0.4, -0.2) is 30.9 Å². The maximum absolute atomic E-state index is 12.4. The Hall–Kier alpha value is -1.34. The number of halogens is 2. The molecule has 1 fully saturated rings. The van der Waals surface area contributed by atoms with E-state index in [-0.39, 0.29) is 12.6 Å². The summed E-state index contributed by atoms with van der Waals surface area (Å²) in [6.45, 7) is 1.42. The third-order valence-corrected chi connectivity index (χ3v) is 3.19. The summed E-state index contributed by atoms with van der Waals surface area (Å²) in [5, 5.41) is -1.51. The molecule has 1 aromatic rings. The minimum atomic E-state index is -3.62. The maximum atomic E-state index is 12.4. The molecule has 1 unspecified atom stereocenters. The van der Waals surface area contributed by atoms with Crippen LogP contribution in [0.2, 0.25) is 0 Å². The highest BCUT2D eigenvalue weighted by Gasteiger charge is 2.33. The minimum absolute atomic E-state index is 0.177. The lowest BCUT2D eigenvalue weighted by molar-refractivity contribution is -0.134. The average molecular weight is 317 g/mol. The van der Waals surface area contributed by atoms with Gasteiger partial charge in [-0.25, -0.2) is 0 Å². The van der Waals surface area contributed by atoms with E-state index in [1.54, 1.807) is 0 Å². The van der Waals surface area contributed by atoms with E-state index in [2.05, 4.69) is 17.9 Å². The molecule has 0 bridgehead atoms. The number of carbonyl (C=O) groups excluding carboxylic acids is 1. The number of ether oxygens (including phenoxy) is 2. The molecular weight excluding hydrogens is 300 g/mol. The smallest absolute Gasteiger partial charge is 0.367 e. The molecule has 0 spiro atoms. The van der Waals surface area contributed by atoms with Gasteiger partial charge in [-0.1, -0.05) is 24.8 Å². The topological polar surface area (TPSA) is 50.9 Å². The summed E-state index contributed by atoms with van der Waals surface area (Å²) in [4.78, 5) is 10.8. The second-order valence-electron chi connectivity index (χ2n) is 4.74. The summed E-state index contributed by atoms with van der Waals surface area (Å²) in [6.07, 6.45) is 1.45. The third kappa shape index (κ3) is 5.51. The third-order valence-electron chi connectivity index (χ3n) is 2.98. The van der Waals surface area contributed by atoms with Gasteiger partial charge in [0.2, 0.25) is 0 Å². The number of hydrogen-bond acceptors (Lipinski definition) is 4. The Bertz CT molecular complexity index is 472. The molecule has 4 nitrogen and oxygen atoms in total. The number of amides is 1. The van der Waals surface area contributed by atoms with Crippen LogP contribution < -0.4 is 10.1 Å². The van der Waals surface area contributed by atoms with Crippen LogP contribution in [0.15, 0.2) is 24.3 Å². The fourth-order valence-corrected chi connectivity index (χ4v) is 1.82. The second kappa shape index (κ2) is 7.09. The summed E-state index contributed by atoms with van der Waals surface area (Å²) in [7, 11) is 0. The van der Waals surface area contributed by atoms with Gasteiger partial charge >= 0.3 is 11.2 Å². The first kappa shape index (κ1) is 16.0. The Morgan fingerprint density at radius 1 is 1.38 bits per heavy atom. The maximum Gasteiger partial charge on any atom is 0.367 e. The van der Waals surface area contributed by atoms with Crippen LogP contribution in [0.25, 0.3) is 0 Å². The number of alkyl halides is 2. The van der Waals surface area contributed by atoms with Crippen LogP contribution in [0.1, 0.15) is 24.5 Å². The van der Waals surface area contributed by atoms with Crippen LogP contribution in [0.4, 0.5) is 8.78 Å². The fourth-order valence-electron chi connectivity index (χ4n) is 1.74. The zero-order valence-electron chi connectivity index (χ0n) is 11.4. The van der Waals surface area contributed by atoms with Crippen LogP contribution in [0.5, 0.6) is 5.75 Å². The molecule has 1 aromatic carbocycles. The molecule has 0 radical (unpaired) electrons. The lowest BCUT2D eigenvalue weighted by atomic mass is 10.1. The molecular formula is C14H17F2NO3S. The van der Waals surface area contributed by atoms with Crippen LogP contribution >= 0.6 is 12.6 Å². The van der Waals surface area contributed by atoms with E-state index in [1.807, 2.05) is 24.3 Å². The number of carbonyl (C=O) groups is 1. The number of unbranched alkanes of at least 4 members (excludes halogenated alkanes) is 1. The molecule has 21 heavy (non-hydrogen) atoms. The van der Waals surface area contributed by atoms with E-state index in [0.29, 0.717) is 19.4 Å². The summed E-state index contributed by atoms with van der Waals surface area (Å²) in [6, 6.07) is 7.67. The van der Waals surface area contributed by atoms with Crippen LogP contribution in [0.3, 0.4) is 0 Å². The zero-order valence-corrected chi connectivity index (χ0v) is 12.2. The van der Waals surface area contributed by atoms with Crippen molar-refractivity contribution in [2.75, 3.05) is 19.8 Å². The summed E-state index contributed by atoms with van der Waals surface area (Å²) in [5.41, 5.74) is 1.14. The van der Waals surface area contributed by atoms with Gasteiger partial charge in [-0.3, -0.25) is 4.79 Å². The molecule has 1 atom stereocenters. The van der Waals surface area contributed by atoms with E-state index >= 15 is 0 Å². The van der Waals surface area contributed by atoms with Gasteiger partial charge in [-0.2, -0.15) is 8.78 Å². The number of benzene rings is 1. The van der Waals surface area contributed by atoms with Gasteiger partial charge in [-0.15, -0.1) is 0 Å². The van der Waals surface area contributed by atoms with Crippen molar-refractivity contribution in [3.63, 3.8) is 0 Å². The van der Waals surface area contributed by atoms with Gasteiger partial charge in [0.15, 0.2) is 0 Å². The highest BCUT2D eigenvalue weighted by molar-refractivity contribution is 7.82. The lowest BCUT2D eigenvalue weighted by Crippen LogP contribution is -2.36. The largest absolute Gasteiger partial charge is 0.494 e. The predicted octanol–water partition coefficient (Wildman–Crippen LogP) is 2.56. The van der Waals surface area contributed by atoms with Gasteiger partial charge < -0.3 is 14.8 Å². The van der Waals surface area contributed by atoms with E-state index in [4.69, 9.17) is 9.47 Å². The molecule has 1 heterocycles. The Balaban J connectivity index is 1.56. The minimum Gasteiger partial charge on any atom is -0.494 e. The number of epoxide rings is 1. The number of rotatable bonds is 8. The number of nitrogens with one attached hydrogen (secondary N) is 1. The van der Waals surface area contributed by atoms with E-state index in [9.17, 15) is 13.6 Å². The average Bonchev–Trinajstić information content (AvgIpc) is 3.26. The molecule has 1 amide bonds. The fraction of sp³-hybridized carbons (Fsp3) is 0.500. The van der Waals surface area contributed by atoms with Crippen molar-refractivity contribution in [1.82, 2.24) is 5.32 Å². The summed E-state index contributed by atoms with van der Waals surface area (Å²) < 4.78 is 35.5. The Morgan fingerprint density at radius 2 is 2.05 bits per heavy atom.